The number of nitrogens with one attached hydrogen (secondary N) is 2. The van der Waals surface area contributed by atoms with Gasteiger partial charge in [-0.05, 0) is 20.8 Å². The average Bonchev–Trinajstić information content (AvgIpc) is 3.12. The van der Waals surface area contributed by atoms with E-state index < -0.39 is 0 Å². The predicted molar refractivity (Wildman–Crippen MR) is 124 cm³/mol. The zero-order chi connectivity index (χ0) is 18.4. The van der Waals surface area contributed by atoms with Crippen LogP contribution in [0.1, 0.15) is 54.0 Å². The number of aliphatic imine (C=N–C) groups is 1. The van der Waals surface area contributed by atoms with E-state index in [-0.39, 0.29) is 29.4 Å². The van der Waals surface area contributed by atoms with Crippen LogP contribution in [0, 0.1) is 13.8 Å². The molecule has 2 N–H and O–H groups in total. The Morgan fingerprint density at radius 2 is 1.88 bits per heavy atom. The molecule has 0 atom stereocenters. The van der Waals surface area contributed by atoms with Gasteiger partial charge in [0.2, 0.25) is 0 Å². The number of guanidine groups is 1. The van der Waals surface area contributed by atoms with Gasteiger partial charge in [-0.2, -0.15) is 0 Å². The van der Waals surface area contributed by atoms with E-state index in [4.69, 9.17) is 4.98 Å². The molecule has 0 unspecified atom stereocenters. The van der Waals surface area contributed by atoms with Crippen molar-refractivity contribution in [3.63, 3.8) is 0 Å². The van der Waals surface area contributed by atoms with Gasteiger partial charge in [0.15, 0.2) is 5.96 Å². The fraction of sp³-hybridized carbons (Fsp3) is 0.611. The Labute approximate surface area is 182 Å². The van der Waals surface area contributed by atoms with Gasteiger partial charge in [-0.25, -0.2) is 15.0 Å². The Bertz CT molecular complexity index is 696. The van der Waals surface area contributed by atoms with Crippen LogP contribution in [0.5, 0.6) is 0 Å². The van der Waals surface area contributed by atoms with Gasteiger partial charge < -0.3 is 10.6 Å². The minimum absolute atomic E-state index is 0. The number of thiazole rings is 2. The maximum absolute atomic E-state index is 4.74. The lowest BCUT2D eigenvalue weighted by atomic mass is 9.93. The van der Waals surface area contributed by atoms with Gasteiger partial charge in [0.25, 0.3) is 0 Å². The summed E-state index contributed by atoms with van der Waals surface area (Å²) in [7, 11) is 0. The monoisotopic (exact) mass is 507 g/mol. The van der Waals surface area contributed by atoms with Crippen molar-refractivity contribution in [2.24, 2.45) is 4.99 Å². The SMILES string of the molecule is CCNC(=NCc1nc(C)c(C)s1)NCCc1nc(C(C)(C)C)cs1.I. The third kappa shape index (κ3) is 7.11. The standard InChI is InChI=1S/C18H29N5S2.HI/c1-7-19-17(21-10-16-22-12(2)13(3)25-16)20-9-8-15-23-14(11-24-15)18(4,5)6;/h11H,7-10H2,1-6H3,(H2,19,20,21);1H. The zero-order valence-electron chi connectivity index (χ0n) is 16.5. The van der Waals surface area contributed by atoms with Crippen molar-refractivity contribution in [3.05, 3.63) is 31.7 Å². The van der Waals surface area contributed by atoms with E-state index in [1.54, 1.807) is 22.7 Å². The summed E-state index contributed by atoms with van der Waals surface area (Å²) in [6.45, 7) is 15.1. The number of rotatable bonds is 6. The molecule has 0 saturated heterocycles. The quantitative estimate of drug-likeness (QED) is 0.345. The van der Waals surface area contributed by atoms with Gasteiger partial charge in [0.05, 0.1) is 22.9 Å². The first-order chi connectivity index (χ1) is 11.8. The lowest BCUT2D eigenvalue weighted by Crippen LogP contribution is -2.38. The molecule has 146 valence electrons. The highest BCUT2D eigenvalue weighted by Gasteiger charge is 2.17. The molecular formula is C18H30IN5S2. The molecule has 8 heteroatoms. The molecule has 0 fully saturated rings. The molecule has 0 spiro atoms. The van der Waals surface area contributed by atoms with Gasteiger partial charge >= 0.3 is 0 Å². The predicted octanol–water partition coefficient (Wildman–Crippen LogP) is 4.43. The molecule has 2 aromatic heterocycles. The third-order valence-corrected chi connectivity index (χ3v) is 5.71. The second kappa shape index (κ2) is 10.6. The first-order valence-electron chi connectivity index (χ1n) is 8.69. The largest absolute Gasteiger partial charge is 0.357 e. The fourth-order valence-electron chi connectivity index (χ4n) is 2.15. The Hall–Kier alpha value is -0.740. The van der Waals surface area contributed by atoms with Crippen LogP contribution in [0.15, 0.2) is 10.4 Å². The van der Waals surface area contributed by atoms with Gasteiger partial charge in [-0.3, -0.25) is 0 Å². The molecule has 0 amide bonds. The molecule has 0 aliphatic rings. The van der Waals surface area contributed by atoms with Crippen molar-refractivity contribution in [1.29, 1.82) is 0 Å². The second-order valence-corrected chi connectivity index (χ2v) is 9.23. The summed E-state index contributed by atoms with van der Waals surface area (Å²) in [6.07, 6.45) is 0.903. The van der Waals surface area contributed by atoms with Gasteiger partial charge in [0.1, 0.15) is 5.01 Å². The summed E-state index contributed by atoms with van der Waals surface area (Å²) in [5, 5.41) is 11.1. The summed E-state index contributed by atoms with van der Waals surface area (Å²) in [5.74, 6) is 0.834. The van der Waals surface area contributed by atoms with Crippen LogP contribution in [0.3, 0.4) is 0 Å². The Morgan fingerprint density at radius 3 is 2.42 bits per heavy atom. The third-order valence-electron chi connectivity index (χ3n) is 3.74. The molecule has 0 bridgehead atoms. The normalized spacial score (nSPS) is 12.0. The molecule has 2 heterocycles. The molecule has 2 rings (SSSR count). The molecule has 2 aromatic rings. The van der Waals surface area contributed by atoms with Crippen LogP contribution in [-0.2, 0) is 18.4 Å². The van der Waals surface area contributed by atoms with Gasteiger partial charge in [-0.15, -0.1) is 46.7 Å². The molecule has 5 nitrogen and oxygen atoms in total. The van der Waals surface area contributed by atoms with Crippen molar-refractivity contribution in [2.45, 2.75) is 59.9 Å². The molecule has 0 saturated carbocycles. The lowest BCUT2D eigenvalue weighted by molar-refractivity contribution is 0.570. The summed E-state index contributed by atoms with van der Waals surface area (Å²) in [4.78, 5) is 15.2. The highest BCUT2D eigenvalue weighted by atomic mass is 127. The fourth-order valence-corrected chi connectivity index (χ4v) is 4.04. The van der Waals surface area contributed by atoms with Crippen molar-refractivity contribution >= 4 is 52.6 Å². The molecule has 0 aromatic carbocycles. The first kappa shape index (κ1) is 23.3. The van der Waals surface area contributed by atoms with Crippen LogP contribution in [0.25, 0.3) is 0 Å². The van der Waals surface area contributed by atoms with Crippen LogP contribution >= 0.6 is 46.7 Å². The maximum atomic E-state index is 4.74. The molecule has 26 heavy (non-hydrogen) atoms. The second-order valence-electron chi connectivity index (χ2n) is 7.00. The highest BCUT2D eigenvalue weighted by Crippen LogP contribution is 2.23. The molecular weight excluding hydrogens is 477 g/mol. The van der Waals surface area contributed by atoms with Crippen molar-refractivity contribution in [2.75, 3.05) is 13.1 Å². The number of hydrogen-bond acceptors (Lipinski definition) is 5. The van der Waals surface area contributed by atoms with Crippen molar-refractivity contribution in [1.82, 2.24) is 20.6 Å². The summed E-state index contributed by atoms with van der Waals surface area (Å²) < 4.78 is 0. The van der Waals surface area contributed by atoms with E-state index in [9.17, 15) is 0 Å². The van der Waals surface area contributed by atoms with E-state index in [2.05, 4.69) is 60.6 Å². The number of hydrogen-bond donors (Lipinski definition) is 2. The minimum atomic E-state index is 0. The number of nitrogens with zero attached hydrogens (tertiary/aromatic N) is 3. The first-order valence-corrected chi connectivity index (χ1v) is 10.4. The molecule has 0 aliphatic heterocycles. The lowest BCUT2D eigenvalue weighted by Gasteiger charge is -2.14. The molecule has 0 radical (unpaired) electrons. The van der Waals surface area contributed by atoms with E-state index in [0.717, 1.165) is 36.2 Å². The topological polar surface area (TPSA) is 62.2 Å². The maximum Gasteiger partial charge on any atom is 0.191 e. The average molecular weight is 508 g/mol. The Morgan fingerprint density at radius 1 is 1.15 bits per heavy atom. The van der Waals surface area contributed by atoms with Gasteiger partial charge in [-0.1, -0.05) is 20.8 Å². The Kier molecular flexibility index (Phi) is 9.46. The number of aromatic nitrogens is 2. The van der Waals surface area contributed by atoms with Crippen molar-refractivity contribution < 1.29 is 0 Å². The van der Waals surface area contributed by atoms with E-state index >= 15 is 0 Å². The van der Waals surface area contributed by atoms with E-state index in [1.165, 1.54) is 15.6 Å². The highest BCUT2D eigenvalue weighted by molar-refractivity contribution is 14.0. The number of aryl methyl sites for hydroxylation is 2. The Balaban J connectivity index is 0.00000338. The smallest absolute Gasteiger partial charge is 0.191 e. The van der Waals surface area contributed by atoms with Crippen LogP contribution in [0.2, 0.25) is 0 Å². The van der Waals surface area contributed by atoms with Crippen LogP contribution in [-0.4, -0.2) is 29.0 Å². The van der Waals surface area contributed by atoms with Gasteiger partial charge in [0, 0.05) is 35.2 Å². The zero-order valence-corrected chi connectivity index (χ0v) is 20.4. The van der Waals surface area contributed by atoms with Crippen LogP contribution < -0.4 is 10.6 Å². The summed E-state index contributed by atoms with van der Waals surface area (Å²) in [6, 6.07) is 0. The van der Waals surface area contributed by atoms with E-state index in [1.807, 2.05) is 6.92 Å². The minimum Gasteiger partial charge on any atom is -0.357 e. The van der Waals surface area contributed by atoms with Crippen molar-refractivity contribution in [3.8, 4) is 0 Å². The summed E-state index contributed by atoms with van der Waals surface area (Å²) in [5.41, 5.74) is 2.39. The van der Waals surface area contributed by atoms with Crippen LogP contribution in [0.4, 0.5) is 0 Å². The molecule has 0 aliphatic carbocycles. The number of halogens is 1. The summed E-state index contributed by atoms with van der Waals surface area (Å²) >= 11 is 3.45. The van der Waals surface area contributed by atoms with E-state index in [0.29, 0.717) is 6.54 Å².